The van der Waals surface area contributed by atoms with Crippen LogP contribution >= 0.6 is 11.6 Å². The first-order chi connectivity index (χ1) is 12.3. The van der Waals surface area contributed by atoms with Crippen LogP contribution < -0.4 is 10.6 Å². The molecule has 0 bridgehead atoms. The van der Waals surface area contributed by atoms with Gasteiger partial charge in [0, 0.05) is 10.7 Å². The van der Waals surface area contributed by atoms with E-state index in [0.717, 1.165) is 4.90 Å². The second kappa shape index (κ2) is 6.80. The zero-order valence-electron chi connectivity index (χ0n) is 14.4. The lowest BCUT2D eigenvalue weighted by Crippen LogP contribution is -2.42. The van der Waals surface area contributed by atoms with Gasteiger partial charge in [-0.25, -0.2) is 4.79 Å². The summed E-state index contributed by atoms with van der Waals surface area (Å²) in [6.07, 6.45) is 0. The van der Waals surface area contributed by atoms with Crippen LogP contribution in [-0.4, -0.2) is 29.3 Å². The highest BCUT2D eigenvalue weighted by Gasteiger charge is 2.49. The van der Waals surface area contributed by atoms with E-state index in [4.69, 9.17) is 11.6 Å². The molecule has 134 valence electrons. The van der Waals surface area contributed by atoms with Crippen LogP contribution in [0, 0.1) is 6.92 Å². The number of hydrogen-bond acceptors (Lipinski definition) is 3. The zero-order valence-corrected chi connectivity index (χ0v) is 15.1. The quantitative estimate of drug-likeness (QED) is 0.811. The number of amides is 4. The van der Waals surface area contributed by atoms with Gasteiger partial charge in [0.05, 0.1) is 0 Å². The van der Waals surface area contributed by atoms with Crippen LogP contribution in [0.2, 0.25) is 5.02 Å². The van der Waals surface area contributed by atoms with Gasteiger partial charge >= 0.3 is 6.03 Å². The molecule has 0 saturated carbocycles. The Hall–Kier alpha value is -2.86. The lowest BCUT2D eigenvalue weighted by Gasteiger charge is -2.22. The van der Waals surface area contributed by atoms with Crippen molar-refractivity contribution in [1.29, 1.82) is 0 Å². The van der Waals surface area contributed by atoms with Gasteiger partial charge in [-0.1, -0.05) is 48.0 Å². The molecule has 4 amide bonds. The Labute approximate surface area is 156 Å². The van der Waals surface area contributed by atoms with Crippen LogP contribution in [0.25, 0.3) is 0 Å². The van der Waals surface area contributed by atoms with Gasteiger partial charge in [-0.2, -0.15) is 0 Å². The number of nitrogens with one attached hydrogen (secondary N) is 2. The van der Waals surface area contributed by atoms with Crippen molar-refractivity contribution in [3.05, 3.63) is 64.7 Å². The van der Waals surface area contributed by atoms with Crippen molar-refractivity contribution < 1.29 is 14.4 Å². The summed E-state index contributed by atoms with van der Waals surface area (Å²) in [5.74, 6) is -0.942. The van der Waals surface area contributed by atoms with Gasteiger partial charge in [-0.05, 0) is 37.1 Å². The Morgan fingerprint density at radius 3 is 2.54 bits per heavy atom. The van der Waals surface area contributed by atoms with Gasteiger partial charge in [0.25, 0.3) is 5.91 Å². The van der Waals surface area contributed by atoms with Gasteiger partial charge < -0.3 is 10.6 Å². The van der Waals surface area contributed by atoms with Gasteiger partial charge in [-0.3, -0.25) is 14.5 Å². The molecule has 1 aliphatic rings. The van der Waals surface area contributed by atoms with Crippen LogP contribution in [-0.2, 0) is 15.1 Å². The molecule has 0 aliphatic carbocycles. The Bertz CT molecular complexity index is 885. The minimum atomic E-state index is -1.19. The molecule has 6 nitrogen and oxygen atoms in total. The number of anilines is 1. The third kappa shape index (κ3) is 3.15. The highest BCUT2D eigenvalue weighted by molar-refractivity contribution is 6.31. The largest absolute Gasteiger partial charge is 0.325 e. The van der Waals surface area contributed by atoms with Crippen LogP contribution in [0.5, 0.6) is 0 Å². The Morgan fingerprint density at radius 1 is 1.15 bits per heavy atom. The number of rotatable bonds is 4. The van der Waals surface area contributed by atoms with Crippen LogP contribution in [0.3, 0.4) is 0 Å². The lowest BCUT2D eigenvalue weighted by molar-refractivity contribution is -0.133. The molecule has 0 aromatic heterocycles. The number of imide groups is 1. The van der Waals surface area contributed by atoms with E-state index in [1.165, 1.54) is 0 Å². The molecule has 0 spiro atoms. The SMILES string of the molecule is Cc1c(Cl)cccc1NC(=O)CN1C(=O)N[C@@](C)(c2ccccc2)C1=O. The predicted octanol–water partition coefficient (Wildman–Crippen LogP) is 3.05. The molecule has 26 heavy (non-hydrogen) atoms. The lowest BCUT2D eigenvalue weighted by atomic mass is 9.92. The van der Waals surface area contributed by atoms with Gasteiger partial charge in [0.2, 0.25) is 5.91 Å². The zero-order chi connectivity index (χ0) is 18.9. The second-order valence-corrected chi connectivity index (χ2v) is 6.68. The third-order valence-corrected chi connectivity index (χ3v) is 4.88. The monoisotopic (exact) mass is 371 g/mol. The average Bonchev–Trinajstić information content (AvgIpc) is 2.84. The maximum Gasteiger partial charge on any atom is 0.325 e. The highest BCUT2D eigenvalue weighted by Crippen LogP contribution is 2.28. The Balaban J connectivity index is 1.76. The number of hydrogen-bond donors (Lipinski definition) is 2. The predicted molar refractivity (Wildman–Crippen MR) is 98.9 cm³/mol. The van der Waals surface area contributed by atoms with Crippen molar-refractivity contribution in [2.24, 2.45) is 0 Å². The van der Waals surface area contributed by atoms with Crippen molar-refractivity contribution in [2.75, 3.05) is 11.9 Å². The summed E-state index contributed by atoms with van der Waals surface area (Å²) in [5.41, 5.74) is 0.728. The van der Waals surface area contributed by atoms with E-state index in [1.807, 2.05) is 6.07 Å². The molecule has 1 atom stereocenters. The van der Waals surface area contributed by atoms with Crippen molar-refractivity contribution >= 4 is 35.1 Å². The van der Waals surface area contributed by atoms with Gasteiger partial charge in [-0.15, -0.1) is 0 Å². The van der Waals surface area contributed by atoms with Gasteiger partial charge in [0.1, 0.15) is 12.1 Å². The number of halogens is 1. The summed E-state index contributed by atoms with van der Waals surface area (Å²) >= 11 is 6.04. The summed E-state index contributed by atoms with van der Waals surface area (Å²) < 4.78 is 0. The van der Waals surface area contributed by atoms with Crippen LogP contribution in [0.4, 0.5) is 10.5 Å². The van der Waals surface area contributed by atoms with Crippen molar-refractivity contribution in [1.82, 2.24) is 10.2 Å². The smallest absolute Gasteiger partial charge is 0.324 e. The van der Waals surface area contributed by atoms with E-state index in [0.29, 0.717) is 21.8 Å². The third-order valence-electron chi connectivity index (χ3n) is 4.47. The summed E-state index contributed by atoms with van der Waals surface area (Å²) in [6, 6.07) is 13.5. The van der Waals surface area contributed by atoms with E-state index in [2.05, 4.69) is 10.6 Å². The molecule has 0 unspecified atom stereocenters. The molecule has 2 aromatic carbocycles. The molecule has 2 aromatic rings. The van der Waals surface area contributed by atoms with Crippen LogP contribution in [0.15, 0.2) is 48.5 Å². The normalized spacial score (nSPS) is 19.4. The molecule has 1 saturated heterocycles. The van der Waals surface area contributed by atoms with E-state index in [1.54, 1.807) is 56.3 Å². The first-order valence-corrected chi connectivity index (χ1v) is 8.45. The van der Waals surface area contributed by atoms with Crippen LogP contribution in [0.1, 0.15) is 18.1 Å². The molecular weight excluding hydrogens is 354 g/mol. The van der Waals surface area contributed by atoms with E-state index in [-0.39, 0.29) is 6.54 Å². The molecule has 3 rings (SSSR count). The molecule has 1 fully saturated rings. The van der Waals surface area contributed by atoms with E-state index >= 15 is 0 Å². The molecule has 2 N–H and O–H groups in total. The summed E-state index contributed by atoms with van der Waals surface area (Å²) in [5, 5.41) is 5.88. The topological polar surface area (TPSA) is 78.5 Å². The molecule has 7 heteroatoms. The number of carbonyl (C=O) groups excluding carboxylic acids is 3. The van der Waals surface area contributed by atoms with E-state index < -0.39 is 23.4 Å². The molecule has 1 heterocycles. The Kier molecular flexibility index (Phi) is 4.70. The standard InChI is InChI=1S/C19H18ClN3O3/c1-12-14(20)9-6-10-15(12)21-16(24)11-23-17(25)19(2,22-18(23)26)13-7-4-3-5-8-13/h3-10H,11H2,1-2H3,(H,21,24)(H,22,26)/t19-/m0/s1. The highest BCUT2D eigenvalue weighted by atomic mass is 35.5. The Morgan fingerprint density at radius 2 is 1.85 bits per heavy atom. The fourth-order valence-corrected chi connectivity index (χ4v) is 3.06. The maximum atomic E-state index is 12.8. The molecule has 0 radical (unpaired) electrons. The fraction of sp³-hybridized carbons (Fsp3) is 0.211. The summed E-state index contributed by atoms with van der Waals surface area (Å²) in [6.45, 7) is 3.03. The second-order valence-electron chi connectivity index (χ2n) is 6.27. The molecule has 1 aliphatic heterocycles. The fourth-order valence-electron chi connectivity index (χ4n) is 2.88. The van der Waals surface area contributed by atoms with Crippen molar-refractivity contribution in [3.8, 4) is 0 Å². The average molecular weight is 372 g/mol. The van der Waals surface area contributed by atoms with Crippen molar-refractivity contribution in [2.45, 2.75) is 19.4 Å². The van der Waals surface area contributed by atoms with Gasteiger partial charge in [0.15, 0.2) is 0 Å². The maximum absolute atomic E-state index is 12.8. The first-order valence-electron chi connectivity index (χ1n) is 8.07. The number of carbonyl (C=O) groups is 3. The van der Waals surface area contributed by atoms with Crippen molar-refractivity contribution in [3.63, 3.8) is 0 Å². The minimum Gasteiger partial charge on any atom is -0.324 e. The minimum absolute atomic E-state index is 0.376. The summed E-state index contributed by atoms with van der Waals surface area (Å²) in [4.78, 5) is 38.3. The number of nitrogens with zero attached hydrogens (tertiary/aromatic N) is 1. The number of benzene rings is 2. The number of urea groups is 1. The van der Waals surface area contributed by atoms with E-state index in [9.17, 15) is 14.4 Å². The first kappa shape index (κ1) is 17.9. The summed E-state index contributed by atoms with van der Waals surface area (Å²) in [7, 11) is 0. The molecular formula is C19H18ClN3O3.